The molecule has 1 aromatic carbocycles. The largest absolute Gasteiger partial charge is 0.396 e. The molecule has 1 N–H and O–H groups in total. The minimum Gasteiger partial charge on any atom is -0.396 e. The standard InChI is InChI=1S/C12H19FOSi/c1-15(2,3)9-11(8-14)10-4-6-12(13)7-5-10/h4-7,11,14H,8-9H2,1-3H3. The fraction of sp³-hybridized carbons (Fsp3) is 0.500. The Hall–Kier alpha value is -0.673. The van der Waals surface area contributed by atoms with Crippen LogP contribution in [0.2, 0.25) is 25.7 Å². The van der Waals surface area contributed by atoms with Crippen molar-refractivity contribution < 1.29 is 9.50 Å². The van der Waals surface area contributed by atoms with Gasteiger partial charge in [0.05, 0.1) is 0 Å². The van der Waals surface area contributed by atoms with Gasteiger partial charge in [-0.15, -0.1) is 0 Å². The van der Waals surface area contributed by atoms with Gasteiger partial charge in [0.1, 0.15) is 5.82 Å². The van der Waals surface area contributed by atoms with Gasteiger partial charge in [0, 0.05) is 20.6 Å². The molecule has 0 aliphatic rings. The SMILES string of the molecule is C[Si](C)(C)CC(CO)c1ccc(F)cc1. The zero-order valence-electron chi connectivity index (χ0n) is 9.63. The van der Waals surface area contributed by atoms with Crippen LogP contribution >= 0.6 is 0 Å². The lowest BCUT2D eigenvalue weighted by atomic mass is 10.0. The molecule has 0 aliphatic carbocycles. The Kier molecular flexibility index (Phi) is 4.05. The van der Waals surface area contributed by atoms with Crippen molar-refractivity contribution >= 4 is 8.07 Å². The molecule has 0 heterocycles. The van der Waals surface area contributed by atoms with Crippen molar-refractivity contribution in [2.75, 3.05) is 6.61 Å². The highest BCUT2D eigenvalue weighted by Gasteiger charge is 2.21. The van der Waals surface area contributed by atoms with Gasteiger partial charge < -0.3 is 5.11 Å². The average Bonchev–Trinajstić information content (AvgIpc) is 2.14. The monoisotopic (exact) mass is 226 g/mol. The molecule has 1 aromatic rings. The van der Waals surface area contributed by atoms with E-state index in [9.17, 15) is 9.50 Å². The molecular weight excluding hydrogens is 207 g/mol. The maximum Gasteiger partial charge on any atom is 0.123 e. The first-order valence-corrected chi connectivity index (χ1v) is 8.99. The Morgan fingerprint density at radius 3 is 2.13 bits per heavy atom. The Morgan fingerprint density at radius 2 is 1.73 bits per heavy atom. The summed E-state index contributed by atoms with van der Waals surface area (Å²) in [5.41, 5.74) is 1.04. The predicted octanol–water partition coefficient (Wildman–Crippen LogP) is 3.24. The molecule has 1 atom stereocenters. The van der Waals surface area contributed by atoms with E-state index >= 15 is 0 Å². The van der Waals surface area contributed by atoms with Crippen LogP contribution in [0.25, 0.3) is 0 Å². The summed E-state index contributed by atoms with van der Waals surface area (Å²) in [5.74, 6) is -0.0549. The van der Waals surface area contributed by atoms with Crippen LogP contribution in [0.15, 0.2) is 24.3 Å². The molecular formula is C12H19FOSi. The Labute approximate surface area is 92.0 Å². The van der Waals surface area contributed by atoms with Crippen LogP contribution in [-0.4, -0.2) is 19.8 Å². The van der Waals surface area contributed by atoms with Crippen LogP contribution in [0.3, 0.4) is 0 Å². The maximum absolute atomic E-state index is 12.7. The van der Waals surface area contributed by atoms with Gasteiger partial charge in [0.15, 0.2) is 0 Å². The van der Waals surface area contributed by atoms with Gasteiger partial charge in [0.25, 0.3) is 0 Å². The minimum absolute atomic E-state index is 0.149. The van der Waals surface area contributed by atoms with Gasteiger partial charge in [-0.25, -0.2) is 4.39 Å². The molecule has 0 aliphatic heterocycles. The zero-order valence-corrected chi connectivity index (χ0v) is 10.6. The number of aliphatic hydroxyl groups excluding tert-OH is 1. The quantitative estimate of drug-likeness (QED) is 0.781. The molecule has 0 radical (unpaired) electrons. The van der Waals surface area contributed by atoms with Crippen LogP contribution in [0.4, 0.5) is 4.39 Å². The van der Waals surface area contributed by atoms with Gasteiger partial charge in [-0.1, -0.05) is 31.8 Å². The number of aliphatic hydroxyl groups is 1. The second-order valence-electron chi connectivity index (χ2n) is 5.20. The van der Waals surface area contributed by atoms with Gasteiger partial charge in [-0.3, -0.25) is 0 Å². The van der Waals surface area contributed by atoms with E-state index in [1.165, 1.54) is 12.1 Å². The molecule has 0 fully saturated rings. The average molecular weight is 226 g/mol. The van der Waals surface area contributed by atoms with Gasteiger partial charge in [-0.2, -0.15) is 0 Å². The summed E-state index contributed by atoms with van der Waals surface area (Å²) in [6, 6.07) is 7.51. The molecule has 1 unspecified atom stereocenters. The smallest absolute Gasteiger partial charge is 0.123 e. The molecule has 0 saturated heterocycles. The van der Waals surface area contributed by atoms with E-state index in [1.54, 1.807) is 12.1 Å². The Balaban J connectivity index is 2.79. The highest BCUT2D eigenvalue weighted by atomic mass is 28.3. The molecule has 1 rings (SSSR count). The van der Waals surface area contributed by atoms with E-state index in [0.29, 0.717) is 0 Å². The lowest BCUT2D eigenvalue weighted by molar-refractivity contribution is 0.272. The fourth-order valence-electron chi connectivity index (χ4n) is 1.76. The first-order chi connectivity index (χ1) is 6.92. The van der Waals surface area contributed by atoms with Crippen molar-refractivity contribution in [3.63, 3.8) is 0 Å². The molecule has 0 amide bonds. The normalized spacial score (nSPS) is 13.9. The fourth-order valence-corrected chi connectivity index (χ4v) is 3.61. The van der Waals surface area contributed by atoms with Crippen molar-refractivity contribution in [1.82, 2.24) is 0 Å². The third kappa shape index (κ3) is 4.14. The summed E-state index contributed by atoms with van der Waals surface area (Å²) >= 11 is 0. The Morgan fingerprint density at radius 1 is 1.20 bits per heavy atom. The van der Waals surface area contributed by atoms with Crippen molar-refractivity contribution in [2.24, 2.45) is 0 Å². The highest BCUT2D eigenvalue weighted by molar-refractivity contribution is 6.76. The molecule has 0 saturated carbocycles. The number of rotatable bonds is 4. The summed E-state index contributed by atoms with van der Waals surface area (Å²) in [6.07, 6.45) is 0. The number of halogens is 1. The highest BCUT2D eigenvalue weighted by Crippen LogP contribution is 2.26. The predicted molar refractivity (Wildman–Crippen MR) is 64.4 cm³/mol. The summed E-state index contributed by atoms with van der Waals surface area (Å²) in [7, 11) is -1.19. The first kappa shape index (κ1) is 12.4. The lowest BCUT2D eigenvalue weighted by Gasteiger charge is -2.23. The number of hydrogen-bond donors (Lipinski definition) is 1. The molecule has 0 bridgehead atoms. The Bertz CT molecular complexity index is 302. The van der Waals surface area contributed by atoms with Gasteiger partial charge in [-0.05, 0) is 23.7 Å². The van der Waals surface area contributed by atoms with Crippen molar-refractivity contribution in [1.29, 1.82) is 0 Å². The van der Waals surface area contributed by atoms with E-state index in [2.05, 4.69) is 19.6 Å². The third-order valence-electron chi connectivity index (χ3n) is 2.42. The molecule has 1 nitrogen and oxygen atoms in total. The van der Waals surface area contributed by atoms with Crippen molar-refractivity contribution in [3.8, 4) is 0 Å². The van der Waals surface area contributed by atoms with E-state index < -0.39 is 8.07 Å². The number of benzene rings is 1. The van der Waals surface area contributed by atoms with Crippen molar-refractivity contribution in [2.45, 2.75) is 31.6 Å². The molecule has 0 aromatic heterocycles. The van der Waals surface area contributed by atoms with Crippen LogP contribution in [0, 0.1) is 5.82 Å². The first-order valence-electron chi connectivity index (χ1n) is 5.29. The summed E-state index contributed by atoms with van der Waals surface area (Å²) in [5, 5.41) is 9.34. The van der Waals surface area contributed by atoms with Crippen LogP contribution < -0.4 is 0 Å². The van der Waals surface area contributed by atoms with Crippen molar-refractivity contribution in [3.05, 3.63) is 35.6 Å². The minimum atomic E-state index is -1.19. The van der Waals surface area contributed by atoms with E-state index in [4.69, 9.17) is 0 Å². The topological polar surface area (TPSA) is 20.2 Å². The number of hydrogen-bond acceptors (Lipinski definition) is 1. The molecule has 15 heavy (non-hydrogen) atoms. The van der Waals surface area contributed by atoms with Crippen LogP contribution in [0.5, 0.6) is 0 Å². The van der Waals surface area contributed by atoms with E-state index in [-0.39, 0.29) is 18.3 Å². The lowest BCUT2D eigenvalue weighted by Crippen LogP contribution is -2.24. The second-order valence-corrected chi connectivity index (χ2v) is 10.7. The van der Waals surface area contributed by atoms with Crippen LogP contribution in [0.1, 0.15) is 11.5 Å². The van der Waals surface area contributed by atoms with Gasteiger partial charge in [0.2, 0.25) is 0 Å². The molecule has 3 heteroatoms. The second kappa shape index (κ2) is 4.90. The summed E-state index contributed by atoms with van der Waals surface area (Å²) in [4.78, 5) is 0. The summed E-state index contributed by atoms with van der Waals surface area (Å²) in [6.45, 7) is 6.98. The zero-order chi connectivity index (χ0) is 11.5. The maximum atomic E-state index is 12.7. The van der Waals surface area contributed by atoms with E-state index in [1.807, 2.05) is 0 Å². The third-order valence-corrected chi connectivity index (χ3v) is 4.14. The summed E-state index contributed by atoms with van der Waals surface area (Å²) < 4.78 is 12.7. The van der Waals surface area contributed by atoms with E-state index in [0.717, 1.165) is 11.6 Å². The van der Waals surface area contributed by atoms with Gasteiger partial charge >= 0.3 is 0 Å². The van der Waals surface area contributed by atoms with Crippen LogP contribution in [-0.2, 0) is 0 Å². The molecule has 0 spiro atoms. The molecule has 84 valence electrons.